The maximum absolute atomic E-state index is 13.7. The van der Waals surface area contributed by atoms with Gasteiger partial charge in [0.15, 0.2) is 11.6 Å². The van der Waals surface area contributed by atoms with Crippen LogP contribution < -0.4 is 21.1 Å². The number of ether oxygens (including phenoxy) is 1. The zero-order chi connectivity index (χ0) is 16.9. The van der Waals surface area contributed by atoms with E-state index in [0.717, 1.165) is 6.07 Å². The lowest BCUT2D eigenvalue weighted by Crippen LogP contribution is -2.53. The van der Waals surface area contributed by atoms with Crippen molar-refractivity contribution in [2.75, 3.05) is 0 Å². The SMILES string of the molecule is NC(=O)C1CC2(NC(=O)NC2=O)c2cc(F)cc([N+](=O)[O-])c2O1. The van der Waals surface area contributed by atoms with Crippen molar-refractivity contribution in [1.29, 1.82) is 0 Å². The molecule has 0 aliphatic carbocycles. The first-order chi connectivity index (χ1) is 10.7. The molecule has 4 N–H and O–H groups in total. The molecule has 3 rings (SSSR count). The molecule has 0 radical (unpaired) electrons. The molecule has 2 aliphatic heterocycles. The molecule has 0 saturated carbocycles. The van der Waals surface area contributed by atoms with Gasteiger partial charge in [0, 0.05) is 12.0 Å². The van der Waals surface area contributed by atoms with Gasteiger partial charge < -0.3 is 15.8 Å². The van der Waals surface area contributed by atoms with Gasteiger partial charge in [0.1, 0.15) is 5.82 Å². The molecule has 10 nitrogen and oxygen atoms in total. The van der Waals surface area contributed by atoms with Crippen LogP contribution in [0.4, 0.5) is 14.9 Å². The fourth-order valence-corrected chi connectivity index (χ4v) is 2.71. The molecule has 1 spiro atoms. The van der Waals surface area contributed by atoms with Gasteiger partial charge in [-0.3, -0.25) is 25.0 Å². The first-order valence-corrected chi connectivity index (χ1v) is 6.32. The molecule has 2 unspecified atom stereocenters. The molecular formula is C12H9FN4O6. The number of primary amides is 1. The van der Waals surface area contributed by atoms with Gasteiger partial charge in [0.05, 0.1) is 11.0 Å². The first kappa shape index (κ1) is 14.7. The summed E-state index contributed by atoms with van der Waals surface area (Å²) >= 11 is 0. The average molecular weight is 324 g/mol. The number of rotatable bonds is 2. The van der Waals surface area contributed by atoms with Crippen LogP contribution in [0.25, 0.3) is 0 Å². The molecule has 0 aromatic heterocycles. The van der Waals surface area contributed by atoms with Crippen LogP contribution in [0.5, 0.6) is 5.75 Å². The number of imide groups is 1. The fourth-order valence-electron chi connectivity index (χ4n) is 2.71. The van der Waals surface area contributed by atoms with Crippen LogP contribution in [0.3, 0.4) is 0 Å². The smallest absolute Gasteiger partial charge is 0.322 e. The first-order valence-electron chi connectivity index (χ1n) is 6.32. The standard InChI is InChI=1S/C12H9FN4O6/c13-4-1-5-8(6(2-4)17(21)22)23-7(9(14)18)3-12(5)10(19)15-11(20)16-12/h1-2,7H,3H2,(H2,14,18)(H2,15,16,19,20). The van der Waals surface area contributed by atoms with E-state index >= 15 is 0 Å². The summed E-state index contributed by atoms with van der Waals surface area (Å²) in [5.41, 5.74) is 2.27. The van der Waals surface area contributed by atoms with Gasteiger partial charge in [0.2, 0.25) is 5.75 Å². The molecule has 2 heterocycles. The monoisotopic (exact) mass is 324 g/mol. The minimum atomic E-state index is -1.86. The fraction of sp³-hybridized carbons (Fsp3) is 0.250. The van der Waals surface area contributed by atoms with Gasteiger partial charge in [-0.1, -0.05) is 0 Å². The largest absolute Gasteiger partial charge is 0.473 e. The predicted octanol–water partition coefficient (Wildman–Crippen LogP) is -0.595. The molecule has 1 fully saturated rings. The normalized spacial score (nSPS) is 25.3. The Morgan fingerprint density at radius 1 is 1.48 bits per heavy atom. The molecule has 0 bridgehead atoms. The zero-order valence-electron chi connectivity index (χ0n) is 11.3. The Balaban J connectivity index is 2.29. The maximum Gasteiger partial charge on any atom is 0.322 e. The Morgan fingerprint density at radius 3 is 2.70 bits per heavy atom. The lowest BCUT2D eigenvalue weighted by atomic mass is 9.81. The molecule has 1 saturated heterocycles. The van der Waals surface area contributed by atoms with Gasteiger partial charge in [-0.25, -0.2) is 9.18 Å². The van der Waals surface area contributed by atoms with E-state index in [4.69, 9.17) is 10.5 Å². The van der Waals surface area contributed by atoms with E-state index in [9.17, 15) is 28.9 Å². The summed E-state index contributed by atoms with van der Waals surface area (Å²) in [6.45, 7) is 0. The highest BCUT2D eigenvalue weighted by molar-refractivity contribution is 6.08. The second kappa shape index (κ2) is 4.63. The van der Waals surface area contributed by atoms with E-state index in [1.54, 1.807) is 0 Å². The Labute approximate surface area is 126 Å². The van der Waals surface area contributed by atoms with Crippen LogP contribution >= 0.6 is 0 Å². The van der Waals surface area contributed by atoms with E-state index < -0.39 is 58.1 Å². The number of halogens is 1. The second-order valence-corrected chi connectivity index (χ2v) is 5.09. The van der Waals surface area contributed by atoms with Crippen molar-refractivity contribution in [2.24, 2.45) is 5.73 Å². The third-order valence-electron chi connectivity index (χ3n) is 3.70. The number of amides is 4. The Morgan fingerprint density at radius 2 is 2.17 bits per heavy atom. The molecule has 2 aliphatic rings. The lowest BCUT2D eigenvalue weighted by Gasteiger charge is -2.35. The summed E-state index contributed by atoms with van der Waals surface area (Å²) in [6, 6.07) is 0.549. The molecule has 1 aromatic rings. The quantitative estimate of drug-likeness (QED) is 0.375. The van der Waals surface area contributed by atoms with Crippen molar-refractivity contribution >= 4 is 23.5 Å². The zero-order valence-corrected chi connectivity index (χ0v) is 11.3. The van der Waals surface area contributed by atoms with Crippen LogP contribution in [0.15, 0.2) is 12.1 Å². The van der Waals surface area contributed by atoms with E-state index in [1.807, 2.05) is 5.32 Å². The van der Waals surface area contributed by atoms with Gasteiger partial charge in [-0.15, -0.1) is 0 Å². The number of fused-ring (bicyclic) bond motifs is 2. The van der Waals surface area contributed by atoms with E-state index in [2.05, 4.69) is 5.32 Å². The molecule has 1 aromatic carbocycles. The Kier molecular flexibility index (Phi) is 2.95. The molecule has 120 valence electrons. The summed E-state index contributed by atoms with van der Waals surface area (Å²) in [6.07, 6.45) is -1.82. The van der Waals surface area contributed by atoms with E-state index in [0.29, 0.717) is 6.07 Å². The van der Waals surface area contributed by atoms with Crippen LogP contribution in [0, 0.1) is 15.9 Å². The van der Waals surface area contributed by atoms with Crippen LogP contribution in [0.1, 0.15) is 12.0 Å². The molecule has 23 heavy (non-hydrogen) atoms. The van der Waals surface area contributed by atoms with Crippen molar-refractivity contribution in [1.82, 2.24) is 10.6 Å². The predicted molar refractivity (Wildman–Crippen MR) is 69.6 cm³/mol. The van der Waals surface area contributed by atoms with Crippen LogP contribution in [-0.4, -0.2) is 28.9 Å². The molecular weight excluding hydrogens is 315 g/mol. The molecule has 11 heteroatoms. The number of nitro groups is 1. The van der Waals surface area contributed by atoms with E-state index in [-0.39, 0.29) is 5.56 Å². The number of nitro benzene ring substituents is 1. The van der Waals surface area contributed by atoms with Gasteiger partial charge >= 0.3 is 11.7 Å². The van der Waals surface area contributed by atoms with Crippen molar-refractivity contribution in [3.63, 3.8) is 0 Å². The number of nitrogens with two attached hydrogens (primary N) is 1. The number of nitrogens with zero attached hydrogens (tertiary/aromatic N) is 1. The van der Waals surface area contributed by atoms with Crippen molar-refractivity contribution < 1.29 is 28.4 Å². The third kappa shape index (κ3) is 2.05. The van der Waals surface area contributed by atoms with E-state index in [1.165, 1.54) is 0 Å². The minimum absolute atomic E-state index is 0.245. The Hall–Kier alpha value is -3.24. The number of hydrogen-bond acceptors (Lipinski definition) is 6. The Bertz CT molecular complexity index is 781. The molecule has 2 atom stereocenters. The third-order valence-corrected chi connectivity index (χ3v) is 3.70. The second-order valence-electron chi connectivity index (χ2n) is 5.09. The van der Waals surface area contributed by atoms with Crippen LogP contribution in [-0.2, 0) is 15.1 Å². The topological polar surface area (TPSA) is 154 Å². The van der Waals surface area contributed by atoms with Gasteiger partial charge in [0.25, 0.3) is 11.8 Å². The number of nitrogens with one attached hydrogen (secondary N) is 2. The number of benzene rings is 1. The average Bonchev–Trinajstić information content (AvgIpc) is 2.73. The van der Waals surface area contributed by atoms with Gasteiger partial charge in [-0.05, 0) is 6.07 Å². The van der Waals surface area contributed by atoms with Crippen molar-refractivity contribution in [2.45, 2.75) is 18.1 Å². The number of carbonyl (C=O) groups is 3. The highest BCUT2D eigenvalue weighted by Crippen LogP contribution is 2.46. The number of hydrogen-bond donors (Lipinski definition) is 3. The summed E-state index contributed by atoms with van der Waals surface area (Å²) < 4.78 is 18.9. The highest BCUT2D eigenvalue weighted by atomic mass is 19.1. The number of carbonyl (C=O) groups excluding carboxylic acids is 3. The summed E-state index contributed by atoms with van der Waals surface area (Å²) in [5.74, 6) is -3.34. The maximum atomic E-state index is 13.7. The molecule has 4 amide bonds. The number of urea groups is 1. The highest BCUT2D eigenvalue weighted by Gasteiger charge is 2.56. The van der Waals surface area contributed by atoms with Gasteiger partial charge in [-0.2, -0.15) is 0 Å². The lowest BCUT2D eigenvalue weighted by molar-refractivity contribution is -0.386. The summed E-state index contributed by atoms with van der Waals surface area (Å²) in [5, 5.41) is 15.3. The summed E-state index contributed by atoms with van der Waals surface area (Å²) in [7, 11) is 0. The summed E-state index contributed by atoms with van der Waals surface area (Å²) in [4.78, 5) is 45.3. The van der Waals surface area contributed by atoms with Crippen molar-refractivity contribution in [3.8, 4) is 5.75 Å². The van der Waals surface area contributed by atoms with Crippen LogP contribution in [0.2, 0.25) is 0 Å². The minimum Gasteiger partial charge on any atom is -0.473 e. The van der Waals surface area contributed by atoms with Crippen molar-refractivity contribution in [3.05, 3.63) is 33.6 Å².